The molecule has 0 atom stereocenters. The lowest BCUT2D eigenvalue weighted by molar-refractivity contribution is -0.139. The van der Waals surface area contributed by atoms with Gasteiger partial charge in [0.25, 0.3) is 0 Å². The highest BCUT2D eigenvalue weighted by Crippen LogP contribution is 2.32. The van der Waals surface area contributed by atoms with Gasteiger partial charge in [-0.15, -0.1) is 11.8 Å². The van der Waals surface area contributed by atoms with Gasteiger partial charge in [-0.3, -0.25) is 0 Å². The highest BCUT2D eigenvalue weighted by atomic mass is 32.2. The van der Waals surface area contributed by atoms with Crippen LogP contribution < -0.4 is 0 Å². The van der Waals surface area contributed by atoms with E-state index in [-0.39, 0.29) is 6.61 Å². The summed E-state index contributed by atoms with van der Waals surface area (Å²) in [6, 6.07) is 17.2. The van der Waals surface area contributed by atoms with Gasteiger partial charge in [-0.1, -0.05) is 43.8 Å². The molecule has 0 heterocycles. The Morgan fingerprint density at radius 3 is 2.69 bits per heavy atom. The molecule has 0 aliphatic heterocycles. The molecule has 3 aromatic carbocycles. The van der Waals surface area contributed by atoms with E-state index in [2.05, 4.69) is 56.0 Å². The van der Waals surface area contributed by atoms with Crippen molar-refractivity contribution in [2.75, 3.05) is 19.0 Å². The van der Waals surface area contributed by atoms with E-state index in [4.69, 9.17) is 9.47 Å². The zero-order chi connectivity index (χ0) is 18.4. The summed E-state index contributed by atoms with van der Waals surface area (Å²) < 4.78 is 10.8. The van der Waals surface area contributed by atoms with E-state index in [1.54, 1.807) is 0 Å². The van der Waals surface area contributed by atoms with Crippen LogP contribution in [0.3, 0.4) is 0 Å². The Kier molecular flexibility index (Phi) is 6.31. The van der Waals surface area contributed by atoms with Gasteiger partial charge in [0.05, 0.1) is 13.2 Å². The maximum absolute atomic E-state index is 11.1. The van der Waals surface area contributed by atoms with Gasteiger partial charge in [-0.25, -0.2) is 4.79 Å². The van der Waals surface area contributed by atoms with Crippen LogP contribution in [0.1, 0.15) is 12.5 Å². The molecule has 3 aromatic rings. The lowest BCUT2D eigenvalue weighted by Crippen LogP contribution is -2.08. The minimum absolute atomic E-state index is 0.227. The maximum atomic E-state index is 11.1. The Balaban J connectivity index is 1.89. The normalized spacial score (nSPS) is 11.0. The van der Waals surface area contributed by atoms with E-state index in [0.29, 0.717) is 13.2 Å². The number of hydrogen-bond acceptors (Lipinski definition) is 4. The predicted octanol–water partition coefficient (Wildman–Crippen LogP) is 5.35. The monoisotopic (exact) mass is 366 g/mol. The van der Waals surface area contributed by atoms with Crippen LogP contribution in [0.25, 0.3) is 21.5 Å². The van der Waals surface area contributed by atoms with Crippen molar-refractivity contribution < 1.29 is 14.3 Å². The first kappa shape index (κ1) is 18.5. The number of benzene rings is 3. The first-order valence-corrected chi connectivity index (χ1v) is 9.65. The third kappa shape index (κ3) is 4.26. The van der Waals surface area contributed by atoms with Crippen molar-refractivity contribution in [1.29, 1.82) is 0 Å². The second-order valence-electron chi connectivity index (χ2n) is 5.82. The van der Waals surface area contributed by atoms with Gasteiger partial charge in [0.1, 0.15) is 6.61 Å². The minimum atomic E-state index is -0.426. The van der Waals surface area contributed by atoms with E-state index < -0.39 is 5.97 Å². The van der Waals surface area contributed by atoms with Crippen molar-refractivity contribution >= 4 is 39.3 Å². The molecule has 0 amide bonds. The van der Waals surface area contributed by atoms with Crippen molar-refractivity contribution in [2.45, 2.75) is 18.4 Å². The average Bonchev–Trinajstić information content (AvgIpc) is 2.67. The molecule has 0 aliphatic rings. The van der Waals surface area contributed by atoms with Crippen molar-refractivity contribution in [1.82, 2.24) is 0 Å². The van der Waals surface area contributed by atoms with Gasteiger partial charge in [-0.05, 0) is 51.1 Å². The molecule has 0 spiro atoms. The number of ether oxygens (including phenoxy) is 2. The van der Waals surface area contributed by atoms with Crippen LogP contribution in [0, 0.1) is 0 Å². The Bertz CT molecular complexity index is 933. The number of carbonyl (C=O) groups excluding carboxylic acids is 1. The van der Waals surface area contributed by atoms with Crippen LogP contribution in [0.4, 0.5) is 0 Å². The summed E-state index contributed by atoms with van der Waals surface area (Å²) in [5.41, 5.74) is 1.17. The zero-order valence-corrected chi connectivity index (χ0v) is 15.7. The van der Waals surface area contributed by atoms with Crippen LogP contribution in [-0.4, -0.2) is 24.9 Å². The molecule has 0 saturated carbocycles. The molecule has 0 radical (unpaired) electrons. The smallest absolute Gasteiger partial charge is 0.330 e. The Morgan fingerprint density at radius 1 is 1.08 bits per heavy atom. The lowest BCUT2D eigenvalue weighted by Gasteiger charge is -2.13. The molecule has 0 aliphatic carbocycles. The number of thioether (sulfide) groups is 1. The summed E-state index contributed by atoms with van der Waals surface area (Å²) in [7, 11) is 0. The van der Waals surface area contributed by atoms with E-state index in [9.17, 15) is 4.79 Å². The second-order valence-corrected chi connectivity index (χ2v) is 7.15. The van der Waals surface area contributed by atoms with Gasteiger partial charge < -0.3 is 9.47 Å². The Hall–Kier alpha value is -2.30. The van der Waals surface area contributed by atoms with E-state index in [0.717, 1.165) is 11.8 Å². The number of fused-ring (bicyclic) bond motifs is 2. The number of esters is 1. The SMILES string of the molecule is C=CC(=O)OCCOCc1c2ccccc2cc2ccc(SCC)cc12. The van der Waals surface area contributed by atoms with Gasteiger partial charge in [-0.2, -0.15) is 0 Å². The lowest BCUT2D eigenvalue weighted by atomic mass is 9.97. The maximum Gasteiger partial charge on any atom is 0.330 e. The largest absolute Gasteiger partial charge is 0.460 e. The van der Waals surface area contributed by atoms with E-state index in [1.165, 1.54) is 32.0 Å². The molecular formula is C22H22O3S. The second kappa shape index (κ2) is 8.88. The molecule has 0 unspecified atom stereocenters. The van der Waals surface area contributed by atoms with Crippen molar-refractivity contribution in [3.05, 3.63) is 66.7 Å². The fourth-order valence-corrected chi connectivity index (χ4v) is 3.68. The highest BCUT2D eigenvalue weighted by Gasteiger charge is 2.09. The van der Waals surface area contributed by atoms with Crippen molar-refractivity contribution in [3.63, 3.8) is 0 Å². The van der Waals surface area contributed by atoms with E-state index >= 15 is 0 Å². The summed E-state index contributed by atoms with van der Waals surface area (Å²) in [5, 5.41) is 4.82. The highest BCUT2D eigenvalue weighted by molar-refractivity contribution is 7.99. The van der Waals surface area contributed by atoms with Gasteiger partial charge >= 0.3 is 5.97 Å². The molecule has 0 bridgehead atoms. The first-order valence-electron chi connectivity index (χ1n) is 8.67. The van der Waals surface area contributed by atoms with Crippen LogP contribution in [0.2, 0.25) is 0 Å². The topological polar surface area (TPSA) is 35.5 Å². The third-order valence-corrected chi connectivity index (χ3v) is 5.02. The number of rotatable bonds is 8. The van der Waals surface area contributed by atoms with Crippen molar-refractivity contribution in [3.8, 4) is 0 Å². The molecule has 4 heteroatoms. The summed E-state index contributed by atoms with van der Waals surface area (Å²) >= 11 is 1.83. The minimum Gasteiger partial charge on any atom is -0.460 e. The summed E-state index contributed by atoms with van der Waals surface area (Å²) in [6.07, 6.45) is 1.16. The predicted molar refractivity (Wildman–Crippen MR) is 109 cm³/mol. The first-order chi connectivity index (χ1) is 12.7. The molecule has 3 rings (SSSR count). The van der Waals surface area contributed by atoms with Crippen LogP contribution in [0.15, 0.2) is 66.1 Å². The van der Waals surface area contributed by atoms with Crippen LogP contribution in [-0.2, 0) is 20.9 Å². The van der Waals surface area contributed by atoms with Gasteiger partial charge in [0.2, 0.25) is 0 Å². The van der Waals surface area contributed by atoms with Crippen LogP contribution in [0.5, 0.6) is 0 Å². The van der Waals surface area contributed by atoms with E-state index in [1.807, 2.05) is 17.8 Å². The summed E-state index contributed by atoms with van der Waals surface area (Å²) in [6.45, 7) is 6.60. The Morgan fingerprint density at radius 2 is 1.88 bits per heavy atom. The molecule has 0 fully saturated rings. The standard InChI is InChI=1S/C22H22O3S/c1-3-22(23)25-12-11-24-15-21-19-8-6-5-7-16(19)13-17-9-10-18(26-4-2)14-20(17)21/h3,5-10,13-14H,1,4,11-12,15H2,2H3. The molecule has 134 valence electrons. The van der Waals surface area contributed by atoms with Gasteiger partial charge in [0, 0.05) is 11.0 Å². The summed E-state index contributed by atoms with van der Waals surface area (Å²) in [5.74, 6) is 0.616. The molecular weight excluding hydrogens is 344 g/mol. The molecule has 0 aromatic heterocycles. The number of hydrogen-bond donors (Lipinski definition) is 0. The molecule has 3 nitrogen and oxygen atoms in total. The molecule has 26 heavy (non-hydrogen) atoms. The zero-order valence-electron chi connectivity index (χ0n) is 14.9. The Labute approximate surface area is 158 Å². The molecule has 0 saturated heterocycles. The fourth-order valence-electron chi connectivity index (χ4n) is 2.98. The van der Waals surface area contributed by atoms with Crippen molar-refractivity contribution in [2.24, 2.45) is 0 Å². The fraction of sp³-hybridized carbons (Fsp3) is 0.227. The van der Waals surface area contributed by atoms with Crippen LogP contribution >= 0.6 is 11.8 Å². The van der Waals surface area contributed by atoms with Gasteiger partial charge in [0.15, 0.2) is 0 Å². The third-order valence-electron chi connectivity index (χ3n) is 4.14. The number of carbonyl (C=O) groups is 1. The molecule has 0 N–H and O–H groups in total. The quantitative estimate of drug-likeness (QED) is 0.177. The average molecular weight is 366 g/mol. The summed E-state index contributed by atoms with van der Waals surface area (Å²) in [4.78, 5) is 12.4.